The molecule has 0 saturated carbocycles. The first-order valence-electron chi connectivity index (χ1n) is 11.5. The number of amides is 2. The van der Waals surface area contributed by atoms with E-state index in [9.17, 15) is 9.59 Å². The summed E-state index contributed by atoms with van der Waals surface area (Å²) in [4.78, 5) is 28.4. The van der Waals surface area contributed by atoms with Crippen molar-refractivity contribution in [3.63, 3.8) is 0 Å². The van der Waals surface area contributed by atoms with E-state index >= 15 is 0 Å². The fourth-order valence-electron chi connectivity index (χ4n) is 4.28. The number of hydrogen-bond donors (Lipinski definition) is 1. The van der Waals surface area contributed by atoms with Crippen molar-refractivity contribution in [1.29, 1.82) is 0 Å². The number of nitrogens with one attached hydrogen (secondary N) is 1. The molecule has 1 aromatic heterocycles. The molecule has 0 unspecified atom stereocenters. The van der Waals surface area contributed by atoms with Crippen LogP contribution in [0.2, 0.25) is 0 Å². The molecule has 32 heavy (non-hydrogen) atoms. The van der Waals surface area contributed by atoms with E-state index in [1.54, 1.807) is 11.8 Å². The molecule has 0 bridgehead atoms. The van der Waals surface area contributed by atoms with Crippen LogP contribution in [0.15, 0.2) is 59.6 Å². The van der Waals surface area contributed by atoms with E-state index in [-0.39, 0.29) is 11.8 Å². The fourth-order valence-corrected chi connectivity index (χ4v) is 5.27. The predicted molar refractivity (Wildman–Crippen MR) is 131 cm³/mol. The lowest BCUT2D eigenvalue weighted by Gasteiger charge is -2.19. The Labute approximate surface area is 194 Å². The summed E-state index contributed by atoms with van der Waals surface area (Å²) < 4.78 is 2.17. The van der Waals surface area contributed by atoms with Crippen LogP contribution < -0.4 is 5.32 Å². The first-order valence-corrected chi connectivity index (χ1v) is 12.4. The van der Waals surface area contributed by atoms with Crippen LogP contribution in [-0.2, 0) is 11.3 Å². The highest BCUT2D eigenvalue weighted by molar-refractivity contribution is 8.00. The maximum Gasteiger partial charge on any atom is 0.251 e. The number of fused-ring (bicyclic) bond motifs is 1. The van der Waals surface area contributed by atoms with Gasteiger partial charge in [-0.1, -0.05) is 49.2 Å². The molecule has 0 atom stereocenters. The van der Waals surface area contributed by atoms with Gasteiger partial charge in [0.1, 0.15) is 0 Å². The van der Waals surface area contributed by atoms with E-state index in [0.717, 1.165) is 47.3 Å². The van der Waals surface area contributed by atoms with E-state index in [0.29, 0.717) is 24.4 Å². The van der Waals surface area contributed by atoms with Crippen molar-refractivity contribution in [1.82, 2.24) is 14.8 Å². The number of aryl methyl sites for hydroxylation is 1. The van der Waals surface area contributed by atoms with E-state index in [1.165, 1.54) is 12.8 Å². The zero-order chi connectivity index (χ0) is 22.3. The Morgan fingerprint density at radius 1 is 0.969 bits per heavy atom. The maximum atomic E-state index is 12.7. The molecule has 2 heterocycles. The summed E-state index contributed by atoms with van der Waals surface area (Å²) in [6.07, 6.45) is 6.80. The summed E-state index contributed by atoms with van der Waals surface area (Å²) in [7, 11) is 0. The molecule has 2 aromatic carbocycles. The van der Waals surface area contributed by atoms with Gasteiger partial charge < -0.3 is 14.8 Å². The quantitative estimate of drug-likeness (QED) is 0.524. The Bertz CT molecular complexity index is 1080. The van der Waals surface area contributed by atoms with Crippen molar-refractivity contribution >= 4 is 34.5 Å². The van der Waals surface area contributed by atoms with Gasteiger partial charge in [0.25, 0.3) is 5.91 Å². The van der Waals surface area contributed by atoms with Crippen LogP contribution in [0.25, 0.3) is 10.9 Å². The molecule has 0 spiro atoms. The molecule has 2 amide bonds. The zero-order valence-corrected chi connectivity index (χ0v) is 19.5. The second-order valence-electron chi connectivity index (χ2n) is 8.36. The molecule has 5 nitrogen and oxygen atoms in total. The lowest BCUT2D eigenvalue weighted by atomic mass is 10.1. The van der Waals surface area contributed by atoms with Gasteiger partial charge in [-0.3, -0.25) is 9.59 Å². The number of thioether (sulfide) groups is 1. The highest BCUT2D eigenvalue weighted by atomic mass is 32.2. The van der Waals surface area contributed by atoms with Gasteiger partial charge in [0.2, 0.25) is 5.91 Å². The highest BCUT2D eigenvalue weighted by Gasteiger charge is 2.17. The van der Waals surface area contributed by atoms with Crippen molar-refractivity contribution in [2.75, 3.05) is 25.4 Å². The number of rotatable bonds is 7. The second-order valence-corrected chi connectivity index (χ2v) is 9.38. The SMILES string of the molecule is Cc1ccccc1C(=O)NCCn1cc(SCC(=O)N2CCCCCC2)c2ccccc21. The topological polar surface area (TPSA) is 54.3 Å². The average Bonchev–Trinajstić information content (AvgIpc) is 2.97. The molecule has 6 heteroatoms. The molecule has 0 radical (unpaired) electrons. The van der Waals surface area contributed by atoms with Crippen LogP contribution in [-0.4, -0.2) is 46.7 Å². The van der Waals surface area contributed by atoms with Crippen molar-refractivity contribution < 1.29 is 9.59 Å². The number of hydrogen-bond acceptors (Lipinski definition) is 3. The van der Waals surface area contributed by atoms with Gasteiger partial charge in [-0.25, -0.2) is 0 Å². The Balaban J connectivity index is 1.39. The van der Waals surface area contributed by atoms with Gasteiger partial charge in [-0.15, -0.1) is 11.8 Å². The van der Waals surface area contributed by atoms with E-state index < -0.39 is 0 Å². The van der Waals surface area contributed by atoms with Crippen LogP contribution in [0.5, 0.6) is 0 Å². The minimum absolute atomic E-state index is 0.0443. The van der Waals surface area contributed by atoms with E-state index in [4.69, 9.17) is 0 Å². The van der Waals surface area contributed by atoms with Gasteiger partial charge in [0.15, 0.2) is 0 Å². The van der Waals surface area contributed by atoms with Gasteiger partial charge in [-0.05, 0) is 37.5 Å². The Morgan fingerprint density at radius 2 is 1.69 bits per heavy atom. The van der Waals surface area contributed by atoms with Crippen molar-refractivity contribution in [3.05, 3.63) is 65.9 Å². The van der Waals surface area contributed by atoms with Crippen LogP contribution >= 0.6 is 11.8 Å². The monoisotopic (exact) mass is 449 g/mol. The smallest absolute Gasteiger partial charge is 0.251 e. The molecule has 1 N–H and O–H groups in total. The van der Waals surface area contributed by atoms with E-state index in [2.05, 4.69) is 28.2 Å². The molecule has 3 aromatic rings. The Morgan fingerprint density at radius 3 is 2.47 bits per heavy atom. The lowest BCUT2D eigenvalue weighted by Crippen LogP contribution is -2.33. The normalized spacial score (nSPS) is 14.3. The molecule has 1 fully saturated rings. The van der Waals surface area contributed by atoms with Crippen LogP contribution in [0.3, 0.4) is 0 Å². The molecule has 4 rings (SSSR count). The van der Waals surface area contributed by atoms with Gasteiger partial charge in [-0.2, -0.15) is 0 Å². The van der Waals surface area contributed by atoms with Gasteiger partial charge >= 0.3 is 0 Å². The summed E-state index contributed by atoms with van der Waals surface area (Å²) in [5.74, 6) is 0.661. The summed E-state index contributed by atoms with van der Waals surface area (Å²) >= 11 is 1.62. The van der Waals surface area contributed by atoms with Crippen molar-refractivity contribution in [2.45, 2.75) is 44.0 Å². The van der Waals surface area contributed by atoms with Crippen molar-refractivity contribution in [2.24, 2.45) is 0 Å². The largest absolute Gasteiger partial charge is 0.350 e. The number of aromatic nitrogens is 1. The minimum Gasteiger partial charge on any atom is -0.350 e. The number of para-hydroxylation sites is 1. The fraction of sp³-hybridized carbons (Fsp3) is 0.385. The highest BCUT2D eigenvalue weighted by Crippen LogP contribution is 2.30. The van der Waals surface area contributed by atoms with Crippen molar-refractivity contribution in [3.8, 4) is 0 Å². The summed E-state index contributed by atoms with van der Waals surface area (Å²) in [5.41, 5.74) is 2.82. The first-order chi connectivity index (χ1) is 15.6. The number of likely N-dealkylation sites (tertiary alicyclic amines) is 1. The molecule has 1 aliphatic rings. The number of benzene rings is 2. The van der Waals surface area contributed by atoms with Gasteiger partial charge in [0, 0.05) is 53.7 Å². The summed E-state index contributed by atoms with van der Waals surface area (Å²) in [5, 5.41) is 4.19. The third kappa shape index (κ3) is 5.36. The number of carbonyl (C=O) groups excluding carboxylic acids is 2. The molecule has 168 valence electrons. The number of nitrogens with zero attached hydrogens (tertiary/aromatic N) is 2. The zero-order valence-electron chi connectivity index (χ0n) is 18.7. The maximum absolute atomic E-state index is 12.7. The van der Waals surface area contributed by atoms with Gasteiger partial charge in [0.05, 0.1) is 5.75 Å². The second kappa shape index (κ2) is 10.7. The standard InChI is InChI=1S/C26H31N3O2S/c1-20-10-4-5-11-21(20)26(31)27-14-17-29-18-24(22-12-6-7-13-23(22)29)32-19-25(30)28-15-8-2-3-9-16-28/h4-7,10-13,18H,2-3,8-9,14-17,19H2,1H3,(H,27,31). The Hall–Kier alpha value is -2.73. The molecular weight excluding hydrogens is 418 g/mol. The molecule has 1 aliphatic heterocycles. The third-order valence-corrected chi connectivity index (χ3v) is 7.12. The summed E-state index contributed by atoms with van der Waals surface area (Å²) in [6, 6.07) is 15.9. The summed E-state index contributed by atoms with van der Waals surface area (Å²) in [6.45, 7) is 4.95. The molecule has 1 saturated heterocycles. The van der Waals surface area contributed by atoms with Crippen LogP contribution in [0.1, 0.15) is 41.6 Å². The number of carbonyl (C=O) groups is 2. The lowest BCUT2D eigenvalue weighted by molar-refractivity contribution is -0.128. The first kappa shape index (κ1) is 22.5. The average molecular weight is 450 g/mol. The Kier molecular flexibility index (Phi) is 7.53. The van der Waals surface area contributed by atoms with Crippen LogP contribution in [0.4, 0.5) is 0 Å². The predicted octanol–water partition coefficient (Wildman–Crippen LogP) is 4.87. The minimum atomic E-state index is -0.0443. The van der Waals surface area contributed by atoms with E-state index in [1.807, 2.05) is 48.2 Å². The van der Waals surface area contributed by atoms with Crippen LogP contribution in [0, 0.1) is 6.92 Å². The molecule has 0 aliphatic carbocycles. The third-order valence-electron chi connectivity index (χ3n) is 6.09. The molecular formula is C26H31N3O2S.